The molecular weight excluding hydrogens is 692 g/mol. The van der Waals surface area contributed by atoms with Crippen LogP contribution in [0.25, 0.3) is 22.2 Å². The summed E-state index contributed by atoms with van der Waals surface area (Å²) >= 11 is 6.20. The van der Waals surface area contributed by atoms with E-state index in [-0.39, 0.29) is 35.5 Å². The molecule has 7 heterocycles. The molecule has 0 aliphatic carbocycles. The van der Waals surface area contributed by atoms with Gasteiger partial charge in [0, 0.05) is 23.7 Å². The summed E-state index contributed by atoms with van der Waals surface area (Å²) in [5.41, 5.74) is 8.19. The maximum absolute atomic E-state index is 16.4. The number of aryl methyl sites for hydroxylation is 1. The highest BCUT2D eigenvalue weighted by atomic mass is 35.5. The predicted octanol–water partition coefficient (Wildman–Crippen LogP) is 6.45. The Morgan fingerprint density at radius 2 is 1.86 bits per heavy atom. The van der Waals surface area contributed by atoms with Crippen LogP contribution in [0.1, 0.15) is 56.0 Å². The van der Waals surface area contributed by atoms with Crippen LogP contribution in [0.15, 0.2) is 12.3 Å². The molecule has 4 aromatic heterocycles. The van der Waals surface area contributed by atoms with E-state index in [9.17, 15) is 22.0 Å². The number of alkyl halides is 4. The molecule has 0 radical (unpaired) electrons. The maximum Gasteiger partial charge on any atom is 0.418 e. The van der Waals surface area contributed by atoms with E-state index >= 15 is 4.39 Å². The van der Waals surface area contributed by atoms with Gasteiger partial charge < -0.3 is 25.8 Å². The highest BCUT2D eigenvalue weighted by Gasteiger charge is 2.41. The maximum atomic E-state index is 16.4. The number of nitrogen functional groups attached to an aromatic ring is 2. The third-order valence-electron chi connectivity index (χ3n) is 9.18. The Balaban J connectivity index is 0.000000412. The van der Waals surface area contributed by atoms with Crippen LogP contribution < -0.4 is 25.8 Å². The number of nitrogens with zero attached hydrogens (tertiary/aromatic N) is 7. The molecule has 2 saturated heterocycles. The lowest BCUT2D eigenvalue weighted by Gasteiger charge is -2.34. The third-order valence-corrected chi connectivity index (χ3v) is 9.57. The van der Waals surface area contributed by atoms with Crippen molar-refractivity contribution in [2.45, 2.75) is 70.5 Å². The van der Waals surface area contributed by atoms with Gasteiger partial charge in [-0.25, -0.2) is 28.1 Å². The Hall–Kier alpha value is -4.38. The third kappa shape index (κ3) is 6.36. The first-order valence-corrected chi connectivity index (χ1v) is 16.2. The van der Waals surface area contributed by atoms with Gasteiger partial charge >= 0.3 is 12.2 Å². The zero-order valence-electron chi connectivity index (χ0n) is 27.5. The smallest absolute Gasteiger partial charge is 0.418 e. The van der Waals surface area contributed by atoms with Crippen LogP contribution in [0, 0.1) is 18.6 Å². The molecular formula is C32H34ClF6N9O2. The minimum absolute atomic E-state index is 0.0494. The summed E-state index contributed by atoms with van der Waals surface area (Å²) in [5, 5.41) is -0.706. The summed E-state index contributed by atoms with van der Waals surface area (Å²) in [6, 6.07) is 0.297. The van der Waals surface area contributed by atoms with Crippen molar-refractivity contribution in [1.29, 1.82) is 0 Å². The van der Waals surface area contributed by atoms with Gasteiger partial charge in [-0.15, -0.1) is 0 Å². The second-order valence-electron chi connectivity index (χ2n) is 12.5. The molecule has 4 N–H and O–H groups in total. The Morgan fingerprint density at radius 1 is 1.12 bits per heavy atom. The number of halogens is 7. The number of ether oxygens (including phenoxy) is 2. The summed E-state index contributed by atoms with van der Waals surface area (Å²) in [5.74, 6) is -2.50. The van der Waals surface area contributed by atoms with Crippen molar-refractivity contribution in [1.82, 2.24) is 29.8 Å². The Kier molecular flexibility index (Phi) is 9.49. The van der Waals surface area contributed by atoms with E-state index in [0.717, 1.165) is 26.1 Å². The van der Waals surface area contributed by atoms with Crippen LogP contribution in [-0.2, 0) is 6.18 Å². The normalized spacial score (nSPS) is 20.9. The number of anilines is 3. The molecule has 268 valence electrons. The van der Waals surface area contributed by atoms with Gasteiger partial charge in [-0.3, -0.25) is 4.90 Å². The van der Waals surface area contributed by atoms with Crippen LogP contribution in [0.5, 0.6) is 11.9 Å². The summed E-state index contributed by atoms with van der Waals surface area (Å²) in [6.45, 7) is 6.28. The van der Waals surface area contributed by atoms with E-state index in [1.807, 2.05) is 0 Å². The molecule has 0 spiro atoms. The molecule has 0 amide bonds. The monoisotopic (exact) mass is 725 g/mol. The molecule has 3 unspecified atom stereocenters. The summed E-state index contributed by atoms with van der Waals surface area (Å²) < 4.78 is 96.8. The average molecular weight is 726 g/mol. The van der Waals surface area contributed by atoms with Gasteiger partial charge in [-0.1, -0.05) is 11.6 Å². The fourth-order valence-electron chi connectivity index (χ4n) is 6.96. The fourth-order valence-corrected chi connectivity index (χ4v) is 7.18. The van der Waals surface area contributed by atoms with Crippen molar-refractivity contribution >= 4 is 40.0 Å². The van der Waals surface area contributed by atoms with Crippen LogP contribution in [0.2, 0.25) is 5.02 Å². The van der Waals surface area contributed by atoms with E-state index in [1.165, 1.54) is 26.0 Å². The molecule has 18 heteroatoms. The first-order valence-electron chi connectivity index (χ1n) is 15.8. The second kappa shape index (κ2) is 13.4. The van der Waals surface area contributed by atoms with Crippen LogP contribution >= 0.6 is 11.6 Å². The number of fused-ring (bicyclic) bond motifs is 1. The molecule has 3 aliphatic heterocycles. The highest BCUT2D eigenvalue weighted by molar-refractivity contribution is 6.35. The number of hydrogen-bond acceptors (Lipinski definition) is 11. The molecule has 0 bridgehead atoms. The van der Waals surface area contributed by atoms with Crippen molar-refractivity contribution in [2.75, 3.05) is 43.2 Å². The van der Waals surface area contributed by atoms with E-state index in [2.05, 4.69) is 29.8 Å². The summed E-state index contributed by atoms with van der Waals surface area (Å²) in [6.07, 6.45) is -1.21. The first kappa shape index (κ1) is 35.4. The molecule has 4 aromatic rings. The molecule has 0 saturated carbocycles. The molecule has 2 fully saturated rings. The van der Waals surface area contributed by atoms with Gasteiger partial charge in [0.15, 0.2) is 5.82 Å². The Labute approximate surface area is 288 Å². The van der Waals surface area contributed by atoms with Crippen molar-refractivity contribution in [2.24, 2.45) is 0 Å². The Morgan fingerprint density at radius 3 is 2.54 bits per heavy atom. The van der Waals surface area contributed by atoms with Crippen molar-refractivity contribution in [3.63, 3.8) is 0 Å². The van der Waals surface area contributed by atoms with Crippen LogP contribution in [-0.4, -0.2) is 74.9 Å². The molecule has 4 atom stereocenters. The van der Waals surface area contributed by atoms with Gasteiger partial charge in [0.05, 0.1) is 41.7 Å². The highest BCUT2D eigenvalue weighted by Crippen LogP contribution is 2.48. The molecule has 11 nitrogen and oxygen atoms in total. The van der Waals surface area contributed by atoms with Crippen LogP contribution in [0.3, 0.4) is 0 Å². The summed E-state index contributed by atoms with van der Waals surface area (Å²) in [7, 11) is 1.24. The quantitative estimate of drug-likeness (QED) is 0.224. The standard InChI is InChI=1S/C25H22ClF5N8O2.C7H12FN/c1-8-7-41-23-14-19(17(28)18(36-23)13-15(25(29,30)31)9(2)35-21(33)16(13)26)37-24(40-4)38-22(14)39(8)10(3)12-5-11(27)6-34-20(12)32;8-6-4-7-2-1-3-9(7)5-6/h5-6,8,10H,7H2,1-4H3,(H2,32,34)(H2,33,35);6-7H,1-5H2/t8-,10?;/m0./s1. The lowest BCUT2D eigenvalue weighted by molar-refractivity contribution is -0.137. The molecule has 7 rings (SSSR count). The van der Waals surface area contributed by atoms with Crippen LogP contribution in [0.4, 0.5) is 43.8 Å². The van der Waals surface area contributed by atoms with Gasteiger partial charge in [0.25, 0.3) is 0 Å². The zero-order valence-corrected chi connectivity index (χ0v) is 28.2. The van der Waals surface area contributed by atoms with Gasteiger partial charge in [-0.05, 0) is 52.6 Å². The van der Waals surface area contributed by atoms with Gasteiger partial charge in [0.2, 0.25) is 5.88 Å². The number of nitrogens with two attached hydrogens (primary N) is 2. The number of rotatable bonds is 4. The van der Waals surface area contributed by atoms with E-state index in [0.29, 0.717) is 18.2 Å². The summed E-state index contributed by atoms with van der Waals surface area (Å²) in [4.78, 5) is 24.1. The SMILES string of the molecule is COc1nc2c3c(nc(-c4c(Cl)c(N)nc(C)c4C(F)(F)F)c(F)c3n1)OC[C@H](C)N2C(C)c1cc(F)cnc1N.FC1CC2CCCN2C1. The minimum Gasteiger partial charge on any atom is -0.475 e. The van der Waals surface area contributed by atoms with Crippen molar-refractivity contribution < 1.29 is 35.8 Å². The minimum atomic E-state index is -4.99. The van der Waals surface area contributed by atoms with E-state index in [4.69, 9.17) is 32.5 Å². The largest absolute Gasteiger partial charge is 0.475 e. The Bertz CT molecular complexity index is 1940. The lowest BCUT2D eigenvalue weighted by atomic mass is 10.0. The average Bonchev–Trinajstić information content (AvgIpc) is 3.60. The predicted molar refractivity (Wildman–Crippen MR) is 175 cm³/mol. The first-order chi connectivity index (χ1) is 23.6. The molecule has 50 heavy (non-hydrogen) atoms. The van der Waals surface area contributed by atoms with Gasteiger partial charge in [0.1, 0.15) is 52.6 Å². The lowest BCUT2D eigenvalue weighted by Crippen LogP contribution is -2.39. The zero-order chi connectivity index (χ0) is 36.2. The fraction of sp³-hybridized carbons (Fsp3) is 0.469. The van der Waals surface area contributed by atoms with E-state index < -0.39 is 74.9 Å². The van der Waals surface area contributed by atoms with Gasteiger partial charge in [-0.2, -0.15) is 23.1 Å². The topological polar surface area (TPSA) is 141 Å². The van der Waals surface area contributed by atoms with E-state index in [1.54, 1.807) is 18.7 Å². The number of methoxy groups -OCH3 is 1. The van der Waals surface area contributed by atoms with Crippen molar-refractivity contribution in [3.05, 3.63) is 45.7 Å². The number of hydrogen-bond donors (Lipinski definition) is 2. The van der Waals surface area contributed by atoms with Crippen molar-refractivity contribution in [3.8, 4) is 23.1 Å². The number of pyridine rings is 3. The molecule has 0 aromatic carbocycles. The second-order valence-corrected chi connectivity index (χ2v) is 12.9. The number of aromatic nitrogens is 5. The molecule has 3 aliphatic rings.